The average molecular weight is 373 g/mol. The van der Waals surface area contributed by atoms with Crippen molar-refractivity contribution in [2.45, 2.75) is 96.3 Å². The molecule has 0 spiro atoms. The molecule has 0 N–H and O–H groups in total. The molecule has 0 radical (unpaired) electrons. The second-order valence-electron chi connectivity index (χ2n) is 6.35. The van der Waals surface area contributed by atoms with Gasteiger partial charge in [-0.25, -0.2) is 0 Å². The molecule has 0 rings (SSSR count). The third-order valence-corrected chi connectivity index (χ3v) is 20.7. The fourth-order valence-electron chi connectivity index (χ4n) is 3.19. The van der Waals surface area contributed by atoms with Crippen molar-refractivity contribution in [3.63, 3.8) is 0 Å². The first kappa shape index (κ1) is 19.5. The second kappa shape index (κ2) is 13.5. The van der Waals surface area contributed by atoms with Crippen molar-refractivity contribution >= 4 is 18.4 Å². The van der Waals surface area contributed by atoms with Crippen LogP contribution < -0.4 is 0 Å². The van der Waals surface area contributed by atoms with Gasteiger partial charge in [-0.1, -0.05) is 0 Å². The summed E-state index contributed by atoms with van der Waals surface area (Å²) < 4.78 is 6.71. The Morgan fingerprint density at radius 3 is 1.47 bits per heavy atom. The van der Waals surface area contributed by atoms with Crippen LogP contribution in [0, 0.1) is 0 Å². The Kier molecular flexibility index (Phi) is 13.9. The molecule has 0 saturated carbocycles. The van der Waals surface area contributed by atoms with E-state index in [0.717, 1.165) is 0 Å². The maximum absolute atomic E-state index is 3.86. The quantitative estimate of drug-likeness (QED) is 0.172. The normalized spacial score (nSPS) is 11.7. The summed E-state index contributed by atoms with van der Waals surface area (Å²) in [5.41, 5.74) is 0. The summed E-state index contributed by atoms with van der Waals surface area (Å²) >= 11 is -1.77. The summed E-state index contributed by atoms with van der Waals surface area (Å²) in [5.74, 6) is 0. The molecule has 19 heavy (non-hydrogen) atoms. The number of hydrogen-bond donors (Lipinski definition) is 0. The van der Waals surface area contributed by atoms with Gasteiger partial charge in [-0.3, -0.25) is 0 Å². The molecule has 0 aromatic carbocycles. The molecular formula is C18H38Sn. The zero-order chi connectivity index (χ0) is 14.4. The zero-order valence-corrected chi connectivity index (χ0v) is 16.8. The monoisotopic (exact) mass is 374 g/mol. The third kappa shape index (κ3) is 9.98. The topological polar surface area (TPSA) is 0 Å². The first-order valence-corrected chi connectivity index (χ1v) is 16.9. The van der Waals surface area contributed by atoms with Gasteiger partial charge in [-0.15, -0.1) is 0 Å². The second-order valence-corrected chi connectivity index (χ2v) is 20.6. The fourth-order valence-corrected chi connectivity index (χ4v) is 19.8. The van der Waals surface area contributed by atoms with E-state index in [1.165, 1.54) is 57.8 Å². The Balaban J connectivity index is 4.42. The maximum atomic E-state index is 3.86. The molecule has 0 unspecified atom stereocenters. The van der Waals surface area contributed by atoms with E-state index < -0.39 is 18.4 Å². The SMILES string of the molecule is C=CCCC[CH2][Sn]([CH2]CCC)([CH2]CCC)[CH2]CCC. The molecule has 114 valence electrons. The fraction of sp³-hybridized carbons (Fsp3) is 0.889. The molecule has 1 heteroatoms. The van der Waals surface area contributed by atoms with Crippen molar-refractivity contribution in [1.82, 2.24) is 0 Å². The van der Waals surface area contributed by atoms with Gasteiger partial charge < -0.3 is 0 Å². The summed E-state index contributed by atoms with van der Waals surface area (Å²) in [4.78, 5) is 0. The van der Waals surface area contributed by atoms with Crippen molar-refractivity contribution in [3.8, 4) is 0 Å². The Morgan fingerprint density at radius 1 is 0.684 bits per heavy atom. The van der Waals surface area contributed by atoms with Crippen LogP contribution in [0.3, 0.4) is 0 Å². The number of hydrogen-bond acceptors (Lipinski definition) is 0. The van der Waals surface area contributed by atoms with Crippen LogP contribution in [0.1, 0.15) is 78.6 Å². The van der Waals surface area contributed by atoms with Crippen molar-refractivity contribution in [3.05, 3.63) is 12.7 Å². The molecule has 0 fully saturated rings. The van der Waals surface area contributed by atoms with E-state index in [9.17, 15) is 0 Å². The van der Waals surface area contributed by atoms with Gasteiger partial charge in [0.05, 0.1) is 0 Å². The van der Waals surface area contributed by atoms with Crippen LogP contribution in [0.15, 0.2) is 12.7 Å². The van der Waals surface area contributed by atoms with E-state index in [0.29, 0.717) is 0 Å². The summed E-state index contributed by atoms with van der Waals surface area (Å²) in [7, 11) is 0. The zero-order valence-electron chi connectivity index (χ0n) is 14.0. The summed E-state index contributed by atoms with van der Waals surface area (Å²) in [6, 6.07) is 0. The van der Waals surface area contributed by atoms with Crippen molar-refractivity contribution in [1.29, 1.82) is 0 Å². The van der Waals surface area contributed by atoms with Crippen LogP contribution in [0.25, 0.3) is 0 Å². The third-order valence-electron chi connectivity index (χ3n) is 4.55. The Morgan fingerprint density at radius 2 is 1.11 bits per heavy atom. The molecule has 0 aliphatic heterocycles. The first-order valence-electron chi connectivity index (χ1n) is 8.85. The number of rotatable bonds is 14. The van der Waals surface area contributed by atoms with Gasteiger partial charge in [-0.05, 0) is 0 Å². The van der Waals surface area contributed by atoms with Gasteiger partial charge in [-0.2, -0.15) is 0 Å². The molecule has 0 nitrogen and oxygen atoms in total. The van der Waals surface area contributed by atoms with Gasteiger partial charge >= 0.3 is 127 Å². The minimum absolute atomic E-state index is 1.23. The van der Waals surface area contributed by atoms with Crippen molar-refractivity contribution in [2.24, 2.45) is 0 Å². The van der Waals surface area contributed by atoms with Crippen LogP contribution in [0.4, 0.5) is 0 Å². The summed E-state index contributed by atoms with van der Waals surface area (Å²) in [6.07, 6.45) is 15.0. The van der Waals surface area contributed by atoms with Crippen LogP contribution >= 0.6 is 0 Å². The first-order chi connectivity index (χ1) is 9.24. The van der Waals surface area contributed by atoms with Gasteiger partial charge in [0, 0.05) is 0 Å². The predicted octanol–water partition coefficient (Wildman–Crippen LogP) is 7.19. The Hall–Kier alpha value is 0.539. The van der Waals surface area contributed by atoms with Gasteiger partial charge in [0.15, 0.2) is 0 Å². The molecule has 0 aromatic rings. The van der Waals surface area contributed by atoms with Crippen molar-refractivity contribution < 1.29 is 0 Å². The van der Waals surface area contributed by atoms with E-state index in [1.807, 2.05) is 0 Å². The van der Waals surface area contributed by atoms with E-state index in [4.69, 9.17) is 0 Å². The minimum atomic E-state index is -1.77. The van der Waals surface area contributed by atoms with E-state index in [2.05, 4.69) is 33.4 Å². The number of unbranched alkanes of at least 4 members (excludes halogenated alkanes) is 5. The van der Waals surface area contributed by atoms with Crippen LogP contribution in [-0.4, -0.2) is 18.4 Å². The van der Waals surface area contributed by atoms with Crippen molar-refractivity contribution in [2.75, 3.05) is 0 Å². The van der Waals surface area contributed by atoms with Gasteiger partial charge in [0.1, 0.15) is 0 Å². The number of allylic oxidation sites excluding steroid dienone is 1. The van der Waals surface area contributed by atoms with Crippen LogP contribution in [0.5, 0.6) is 0 Å². The summed E-state index contributed by atoms with van der Waals surface area (Å²) in [6.45, 7) is 11.0. The van der Waals surface area contributed by atoms with Gasteiger partial charge in [0.2, 0.25) is 0 Å². The molecule has 0 aromatic heterocycles. The van der Waals surface area contributed by atoms with E-state index >= 15 is 0 Å². The molecule has 0 amide bonds. The van der Waals surface area contributed by atoms with Crippen LogP contribution in [-0.2, 0) is 0 Å². The Bertz CT molecular complexity index is 176. The molecular weight excluding hydrogens is 335 g/mol. The van der Waals surface area contributed by atoms with E-state index in [1.54, 1.807) is 17.7 Å². The van der Waals surface area contributed by atoms with E-state index in [-0.39, 0.29) is 0 Å². The van der Waals surface area contributed by atoms with Gasteiger partial charge in [0.25, 0.3) is 0 Å². The molecule has 0 heterocycles. The van der Waals surface area contributed by atoms with Crippen LogP contribution in [0.2, 0.25) is 17.7 Å². The standard InChI is InChI=1S/C6H11.3C4H9.Sn/c1-3-5-6-4-2;3*1-3-4-2;/h3H,1-2,4-6H2;3*1,3-4H2,2H3;. The molecule has 0 aliphatic carbocycles. The molecule has 0 atom stereocenters. The summed E-state index contributed by atoms with van der Waals surface area (Å²) in [5, 5.41) is 0. The average Bonchev–Trinajstić information content (AvgIpc) is 2.44. The Labute approximate surface area is 127 Å². The predicted molar refractivity (Wildman–Crippen MR) is 93.8 cm³/mol. The molecule has 0 bridgehead atoms. The molecule has 0 saturated heterocycles. The molecule has 0 aliphatic rings.